The van der Waals surface area contributed by atoms with Crippen LogP contribution in [0.25, 0.3) is 32.8 Å². The topological polar surface area (TPSA) is 46.0 Å². The smallest absolute Gasteiger partial charge is 0.346 e. The van der Waals surface area contributed by atoms with Gasteiger partial charge < -0.3 is 9.40 Å². The van der Waals surface area contributed by atoms with Crippen LogP contribution in [0, 0.1) is 0 Å². The first-order valence-electron chi connectivity index (χ1n) is 5.87. The summed E-state index contributed by atoms with van der Waals surface area (Å²) < 4.78 is 5.36. The first-order chi connectivity index (χ1) is 9.24. The molecule has 0 saturated carbocycles. The molecule has 0 fully saturated rings. The van der Waals surface area contributed by atoms with Crippen molar-refractivity contribution in [2.75, 3.05) is 0 Å². The van der Waals surface area contributed by atoms with Crippen molar-refractivity contribution in [3.05, 3.63) is 57.9 Å². The van der Waals surface area contributed by atoms with Crippen molar-refractivity contribution in [1.29, 1.82) is 0 Å². The molecule has 92 valence electrons. The molecular weight excluding hydrogens is 262 g/mol. The highest BCUT2D eigenvalue weighted by atomic mass is 35.5. The molecule has 3 nitrogen and oxygen atoms in total. The van der Waals surface area contributed by atoms with Crippen molar-refractivity contribution < 1.29 is 4.42 Å². The number of aromatic nitrogens is 1. The molecule has 2 aromatic carbocycles. The van der Waals surface area contributed by atoms with Crippen LogP contribution in [-0.4, -0.2) is 4.98 Å². The third kappa shape index (κ3) is 1.42. The molecule has 0 unspecified atom stereocenters. The van der Waals surface area contributed by atoms with E-state index in [1.54, 1.807) is 18.2 Å². The van der Waals surface area contributed by atoms with E-state index >= 15 is 0 Å². The van der Waals surface area contributed by atoms with Crippen molar-refractivity contribution in [2.24, 2.45) is 0 Å². The summed E-state index contributed by atoms with van der Waals surface area (Å²) in [5, 5.41) is 2.84. The predicted molar refractivity (Wildman–Crippen MR) is 76.9 cm³/mol. The molecule has 0 radical (unpaired) electrons. The molecule has 1 N–H and O–H groups in total. The average Bonchev–Trinajstić information content (AvgIpc) is 2.78. The highest BCUT2D eigenvalue weighted by molar-refractivity contribution is 6.32. The Kier molecular flexibility index (Phi) is 2.03. The number of hydrogen-bond donors (Lipinski definition) is 1. The molecule has 0 aliphatic heterocycles. The SMILES string of the molecule is O=c1oc2ccccc2c2[nH]c3ccc(Cl)cc3c12. The number of benzene rings is 2. The lowest BCUT2D eigenvalue weighted by Crippen LogP contribution is -1.98. The minimum atomic E-state index is -0.345. The van der Waals surface area contributed by atoms with Gasteiger partial charge in [-0.25, -0.2) is 4.79 Å². The van der Waals surface area contributed by atoms with Gasteiger partial charge in [0.25, 0.3) is 0 Å². The summed E-state index contributed by atoms with van der Waals surface area (Å²) in [6.07, 6.45) is 0. The molecule has 19 heavy (non-hydrogen) atoms. The van der Waals surface area contributed by atoms with Crippen molar-refractivity contribution in [1.82, 2.24) is 4.98 Å². The van der Waals surface area contributed by atoms with Gasteiger partial charge in [0.15, 0.2) is 0 Å². The minimum absolute atomic E-state index is 0.345. The van der Waals surface area contributed by atoms with Crippen LogP contribution in [0.3, 0.4) is 0 Å². The molecule has 4 aromatic rings. The van der Waals surface area contributed by atoms with Gasteiger partial charge in [-0.2, -0.15) is 0 Å². The Balaban J connectivity index is 2.38. The molecule has 0 aliphatic carbocycles. The summed E-state index contributed by atoms with van der Waals surface area (Å²) in [4.78, 5) is 15.4. The van der Waals surface area contributed by atoms with Gasteiger partial charge in [-0.15, -0.1) is 0 Å². The van der Waals surface area contributed by atoms with Crippen molar-refractivity contribution in [2.45, 2.75) is 0 Å². The van der Waals surface area contributed by atoms with Crippen LogP contribution in [0.2, 0.25) is 5.02 Å². The summed E-state index contributed by atoms with van der Waals surface area (Å²) >= 11 is 6.00. The molecule has 4 heteroatoms. The lowest BCUT2D eigenvalue weighted by Gasteiger charge is -1.97. The zero-order valence-electron chi connectivity index (χ0n) is 9.74. The number of para-hydroxylation sites is 1. The van der Waals surface area contributed by atoms with Crippen LogP contribution < -0.4 is 5.63 Å². The monoisotopic (exact) mass is 269 g/mol. The number of nitrogens with one attached hydrogen (secondary N) is 1. The maximum atomic E-state index is 12.1. The molecule has 0 bridgehead atoms. The Morgan fingerprint density at radius 2 is 1.89 bits per heavy atom. The van der Waals surface area contributed by atoms with Crippen molar-refractivity contribution >= 4 is 44.4 Å². The molecule has 2 aromatic heterocycles. The van der Waals surface area contributed by atoms with E-state index in [0.717, 1.165) is 21.8 Å². The maximum absolute atomic E-state index is 12.1. The van der Waals surface area contributed by atoms with E-state index in [1.807, 2.05) is 24.3 Å². The second-order valence-corrected chi connectivity index (χ2v) is 4.89. The number of fused-ring (bicyclic) bond motifs is 5. The van der Waals surface area contributed by atoms with Gasteiger partial charge in [0.05, 0.1) is 10.9 Å². The summed E-state index contributed by atoms with van der Waals surface area (Å²) in [5.41, 5.74) is 1.91. The normalized spacial score (nSPS) is 11.6. The fourth-order valence-corrected chi connectivity index (χ4v) is 2.66. The molecule has 0 aliphatic rings. The lowest BCUT2D eigenvalue weighted by atomic mass is 10.1. The number of aromatic amines is 1. The maximum Gasteiger partial charge on any atom is 0.346 e. The number of H-pyrrole nitrogens is 1. The Hall–Kier alpha value is -2.26. The second-order valence-electron chi connectivity index (χ2n) is 4.45. The summed E-state index contributed by atoms with van der Waals surface area (Å²) in [6.45, 7) is 0. The van der Waals surface area contributed by atoms with E-state index in [9.17, 15) is 4.79 Å². The summed E-state index contributed by atoms with van der Waals surface area (Å²) in [6, 6.07) is 12.9. The molecule has 0 amide bonds. The summed E-state index contributed by atoms with van der Waals surface area (Å²) in [5.74, 6) is 0. The van der Waals surface area contributed by atoms with E-state index in [4.69, 9.17) is 16.0 Å². The molecular formula is C15H8ClNO2. The fraction of sp³-hybridized carbons (Fsp3) is 0. The zero-order valence-corrected chi connectivity index (χ0v) is 10.5. The van der Waals surface area contributed by atoms with Crippen molar-refractivity contribution in [3.63, 3.8) is 0 Å². The molecule has 0 atom stereocenters. The van der Waals surface area contributed by atoms with Crippen LogP contribution in [0.1, 0.15) is 0 Å². The predicted octanol–water partition coefficient (Wildman–Crippen LogP) is 4.08. The van der Waals surface area contributed by atoms with E-state index in [-0.39, 0.29) is 5.63 Å². The van der Waals surface area contributed by atoms with E-state index in [2.05, 4.69) is 4.98 Å². The second kappa shape index (κ2) is 3.62. The van der Waals surface area contributed by atoms with Gasteiger partial charge in [-0.3, -0.25) is 0 Å². The first kappa shape index (κ1) is 10.6. The van der Waals surface area contributed by atoms with Crippen molar-refractivity contribution in [3.8, 4) is 0 Å². The third-order valence-corrected chi connectivity index (χ3v) is 3.56. The van der Waals surface area contributed by atoms with Crippen LogP contribution >= 0.6 is 11.6 Å². The molecule has 2 heterocycles. The van der Waals surface area contributed by atoms with Gasteiger partial charge >= 0.3 is 5.63 Å². The number of rotatable bonds is 0. The average molecular weight is 270 g/mol. The van der Waals surface area contributed by atoms with Crippen LogP contribution in [0.4, 0.5) is 0 Å². The van der Waals surface area contributed by atoms with Gasteiger partial charge in [0, 0.05) is 21.3 Å². The van der Waals surface area contributed by atoms with Crippen LogP contribution in [0.15, 0.2) is 51.7 Å². The van der Waals surface area contributed by atoms with Crippen LogP contribution in [-0.2, 0) is 0 Å². The van der Waals surface area contributed by atoms with Gasteiger partial charge in [0.1, 0.15) is 5.58 Å². The molecule has 0 spiro atoms. The van der Waals surface area contributed by atoms with Gasteiger partial charge in [-0.1, -0.05) is 23.7 Å². The largest absolute Gasteiger partial charge is 0.422 e. The number of halogens is 1. The standard InChI is InChI=1S/C15H8ClNO2/c16-8-5-6-11-10(7-8)13-14(17-11)9-3-1-2-4-12(9)19-15(13)18/h1-7,17H. The quantitative estimate of drug-likeness (QED) is 0.489. The van der Waals surface area contributed by atoms with E-state index in [1.165, 1.54) is 0 Å². The Morgan fingerprint density at radius 3 is 2.79 bits per heavy atom. The minimum Gasteiger partial charge on any atom is -0.422 e. The Bertz CT molecular complexity index is 997. The molecule has 4 rings (SSSR count). The zero-order chi connectivity index (χ0) is 13.0. The van der Waals surface area contributed by atoms with Crippen LogP contribution in [0.5, 0.6) is 0 Å². The highest BCUT2D eigenvalue weighted by Gasteiger charge is 2.13. The van der Waals surface area contributed by atoms with Gasteiger partial charge in [-0.05, 0) is 30.3 Å². The van der Waals surface area contributed by atoms with Gasteiger partial charge in [0.2, 0.25) is 0 Å². The van der Waals surface area contributed by atoms with E-state index in [0.29, 0.717) is 16.0 Å². The Labute approximate surface area is 112 Å². The highest BCUT2D eigenvalue weighted by Crippen LogP contribution is 2.29. The fourth-order valence-electron chi connectivity index (χ4n) is 2.49. The Morgan fingerprint density at radius 1 is 1.05 bits per heavy atom. The number of hydrogen-bond acceptors (Lipinski definition) is 2. The van der Waals surface area contributed by atoms with E-state index < -0.39 is 0 Å². The lowest BCUT2D eigenvalue weighted by molar-refractivity contribution is 0.570. The summed E-state index contributed by atoms with van der Waals surface area (Å²) in [7, 11) is 0. The third-order valence-electron chi connectivity index (χ3n) is 3.32. The first-order valence-corrected chi connectivity index (χ1v) is 6.24. The molecule has 0 saturated heterocycles.